The number of piperidine rings is 1. The van der Waals surface area contributed by atoms with Crippen molar-refractivity contribution in [2.75, 3.05) is 19.4 Å². The second kappa shape index (κ2) is 9.28. The Morgan fingerprint density at radius 2 is 1.89 bits per heavy atom. The molecule has 8 nitrogen and oxygen atoms in total. The van der Waals surface area contributed by atoms with E-state index >= 15 is 0 Å². The summed E-state index contributed by atoms with van der Waals surface area (Å²) in [6, 6.07) is 1.25. The van der Waals surface area contributed by atoms with Gasteiger partial charge in [-0.1, -0.05) is 0 Å². The summed E-state index contributed by atoms with van der Waals surface area (Å²) in [6.45, 7) is 2.52. The van der Waals surface area contributed by atoms with E-state index in [4.69, 9.17) is 4.74 Å². The molecule has 1 amide bonds. The van der Waals surface area contributed by atoms with Crippen LogP contribution in [0, 0.1) is 0 Å². The van der Waals surface area contributed by atoms with Crippen LogP contribution >= 0.6 is 0 Å². The number of likely N-dealkylation sites (tertiary alicyclic amines) is 1. The molecule has 1 aliphatic heterocycles. The molecule has 0 radical (unpaired) electrons. The van der Waals surface area contributed by atoms with Gasteiger partial charge in [-0.25, -0.2) is 23.1 Å². The van der Waals surface area contributed by atoms with Crippen molar-refractivity contribution in [1.29, 1.82) is 0 Å². The lowest BCUT2D eigenvalue weighted by molar-refractivity contribution is -0.136. The van der Waals surface area contributed by atoms with E-state index in [9.17, 15) is 13.2 Å². The lowest BCUT2D eigenvalue weighted by atomic mass is 9.86. The van der Waals surface area contributed by atoms with Gasteiger partial charge in [0.25, 0.3) is 0 Å². The number of carbonyl (C=O) groups excluding carboxylic acids is 1. The summed E-state index contributed by atoms with van der Waals surface area (Å²) in [5.41, 5.74) is 0. The minimum Gasteiger partial charge on any atom is -0.376 e. The van der Waals surface area contributed by atoms with Gasteiger partial charge in [-0.3, -0.25) is 4.79 Å². The predicted octanol–water partition coefficient (Wildman–Crippen LogP) is 1.45. The number of hydrogen-bond acceptors (Lipinski definition) is 6. The number of rotatable bonds is 6. The molecule has 1 aliphatic carbocycles. The van der Waals surface area contributed by atoms with Gasteiger partial charge in [0, 0.05) is 37.8 Å². The number of sulfonamides is 1. The topological polar surface area (TPSA) is 101 Å². The Morgan fingerprint density at radius 3 is 2.50 bits per heavy atom. The minimum atomic E-state index is -3.34. The van der Waals surface area contributed by atoms with Gasteiger partial charge in [0.1, 0.15) is 5.82 Å². The molecule has 0 bridgehead atoms. The Morgan fingerprint density at radius 1 is 1.21 bits per heavy atom. The van der Waals surface area contributed by atoms with E-state index in [0.717, 1.165) is 44.2 Å². The molecular formula is C19H30N4O4S. The number of amides is 1. The zero-order chi connectivity index (χ0) is 20.1. The number of ether oxygens (including phenoxy) is 1. The third-order valence-corrected chi connectivity index (χ3v) is 6.41. The van der Waals surface area contributed by atoms with Gasteiger partial charge in [0.05, 0.1) is 25.0 Å². The fourth-order valence-corrected chi connectivity index (χ4v) is 5.14. The highest BCUT2D eigenvalue weighted by Gasteiger charge is 2.35. The Kier molecular flexibility index (Phi) is 7.00. The van der Waals surface area contributed by atoms with Crippen molar-refractivity contribution in [2.45, 2.75) is 69.6 Å². The Hall–Kier alpha value is -1.58. The zero-order valence-electron chi connectivity index (χ0n) is 16.6. The Labute approximate surface area is 167 Å². The van der Waals surface area contributed by atoms with Crippen LogP contribution < -0.4 is 4.72 Å². The van der Waals surface area contributed by atoms with Crippen LogP contribution in [-0.4, -0.2) is 66.8 Å². The second-order valence-corrected chi connectivity index (χ2v) is 9.61. The number of carbonyl (C=O) groups is 1. The molecule has 2 aliphatic rings. The summed E-state index contributed by atoms with van der Waals surface area (Å²) in [4.78, 5) is 22.5. The Bertz CT molecular complexity index is 750. The SMILES string of the molecule is CC(=O)N1CCC[C@H](NS(C)(=O)=O)[C@@H]1CO[C@H]1CC[C@@H](c2ncccn2)CC1. The standard InChI is InChI=1S/C19H30N4O4S/c1-14(24)23-12-3-5-17(22-28(2,25)26)18(23)13-27-16-8-6-15(7-9-16)19-20-10-4-11-21-19/h4,10-11,15-18,22H,3,5-9,12-13H2,1-2H3/t15-,16+,17-,18-/m0/s1. The molecule has 1 aromatic heterocycles. The molecule has 1 aromatic rings. The second-order valence-electron chi connectivity index (χ2n) is 7.83. The van der Waals surface area contributed by atoms with Crippen molar-refractivity contribution < 1.29 is 17.9 Å². The van der Waals surface area contributed by atoms with Gasteiger partial charge in [-0.05, 0) is 44.6 Å². The molecule has 0 aromatic carbocycles. The zero-order valence-corrected chi connectivity index (χ0v) is 17.4. The molecule has 1 saturated carbocycles. The average molecular weight is 411 g/mol. The molecule has 1 N–H and O–H groups in total. The van der Waals surface area contributed by atoms with E-state index < -0.39 is 10.0 Å². The summed E-state index contributed by atoms with van der Waals surface area (Å²) in [6.07, 6.45) is 10.1. The molecule has 2 atom stereocenters. The minimum absolute atomic E-state index is 0.0430. The van der Waals surface area contributed by atoms with E-state index in [1.165, 1.54) is 6.92 Å². The molecular weight excluding hydrogens is 380 g/mol. The number of nitrogens with zero attached hydrogens (tertiary/aromatic N) is 3. The third-order valence-electron chi connectivity index (χ3n) is 5.68. The lowest BCUT2D eigenvalue weighted by Gasteiger charge is -2.41. The van der Waals surface area contributed by atoms with Crippen molar-refractivity contribution in [3.05, 3.63) is 24.3 Å². The molecule has 2 fully saturated rings. The van der Waals surface area contributed by atoms with Gasteiger partial charge >= 0.3 is 0 Å². The molecule has 3 rings (SSSR count). The van der Waals surface area contributed by atoms with Crippen molar-refractivity contribution in [2.24, 2.45) is 0 Å². The van der Waals surface area contributed by atoms with Gasteiger partial charge in [-0.15, -0.1) is 0 Å². The molecule has 0 unspecified atom stereocenters. The van der Waals surface area contributed by atoms with Gasteiger partial charge in [0.2, 0.25) is 15.9 Å². The van der Waals surface area contributed by atoms with Crippen LogP contribution in [0.1, 0.15) is 57.2 Å². The van der Waals surface area contributed by atoms with Crippen molar-refractivity contribution >= 4 is 15.9 Å². The van der Waals surface area contributed by atoms with Crippen LogP contribution in [0.3, 0.4) is 0 Å². The van der Waals surface area contributed by atoms with Crippen LogP contribution in [0.2, 0.25) is 0 Å². The summed E-state index contributed by atoms with van der Waals surface area (Å²) in [7, 11) is -3.34. The van der Waals surface area contributed by atoms with Crippen LogP contribution in [0.4, 0.5) is 0 Å². The highest BCUT2D eigenvalue weighted by atomic mass is 32.2. The predicted molar refractivity (Wildman–Crippen MR) is 105 cm³/mol. The van der Waals surface area contributed by atoms with Gasteiger partial charge in [-0.2, -0.15) is 0 Å². The van der Waals surface area contributed by atoms with Crippen molar-refractivity contribution in [3.63, 3.8) is 0 Å². The molecule has 156 valence electrons. The van der Waals surface area contributed by atoms with Crippen LogP contribution in [0.5, 0.6) is 0 Å². The fraction of sp³-hybridized carbons (Fsp3) is 0.737. The smallest absolute Gasteiger partial charge is 0.219 e. The molecule has 28 heavy (non-hydrogen) atoms. The number of hydrogen-bond donors (Lipinski definition) is 1. The first-order chi connectivity index (χ1) is 13.3. The fourth-order valence-electron chi connectivity index (χ4n) is 4.31. The van der Waals surface area contributed by atoms with Crippen LogP contribution in [-0.2, 0) is 19.6 Å². The highest BCUT2D eigenvalue weighted by Crippen LogP contribution is 2.32. The van der Waals surface area contributed by atoms with Crippen LogP contribution in [0.25, 0.3) is 0 Å². The van der Waals surface area contributed by atoms with Crippen molar-refractivity contribution in [3.8, 4) is 0 Å². The van der Waals surface area contributed by atoms with E-state index in [1.54, 1.807) is 17.3 Å². The summed E-state index contributed by atoms with van der Waals surface area (Å²) in [5, 5.41) is 0. The molecule has 2 heterocycles. The molecule has 1 saturated heterocycles. The first kappa shape index (κ1) is 21.1. The third kappa shape index (κ3) is 5.71. The maximum Gasteiger partial charge on any atom is 0.219 e. The maximum atomic E-state index is 12.1. The van der Waals surface area contributed by atoms with Crippen molar-refractivity contribution in [1.82, 2.24) is 19.6 Å². The van der Waals surface area contributed by atoms with E-state index in [1.807, 2.05) is 6.07 Å². The van der Waals surface area contributed by atoms with Gasteiger partial charge < -0.3 is 9.64 Å². The monoisotopic (exact) mass is 410 g/mol. The van der Waals surface area contributed by atoms with E-state index in [0.29, 0.717) is 25.5 Å². The van der Waals surface area contributed by atoms with Gasteiger partial charge in [0.15, 0.2) is 0 Å². The molecule has 0 spiro atoms. The lowest BCUT2D eigenvalue weighted by Crippen LogP contribution is -2.58. The first-order valence-corrected chi connectivity index (χ1v) is 11.9. The number of nitrogens with one attached hydrogen (secondary N) is 1. The summed E-state index contributed by atoms with van der Waals surface area (Å²) >= 11 is 0. The highest BCUT2D eigenvalue weighted by molar-refractivity contribution is 7.88. The van der Waals surface area contributed by atoms with E-state index in [2.05, 4.69) is 14.7 Å². The normalized spacial score (nSPS) is 28.9. The average Bonchev–Trinajstić information content (AvgIpc) is 2.66. The molecule has 9 heteroatoms. The number of aromatic nitrogens is 2. The first-order valence-electron chi connectivity index (χ1n) is 9.96. The summed E-state index contributed by atoms with van der Waals surface area (Å²) in [5.74, 6) is 1.22. The Balaban J connectivity index is 1.57. The maximum absolute atomic E-state index is 12.1. The summed E-state index contributed by atoms with van der Waals surface area (Å²) < 4.78 is 32.3. The van der Waals surface area contributed by atoms with E-state index in [-0.39, 0.29) is 24.1 Å². The van der Waals surface area contributed by atoms with Crippen LogP contribution in [0.15, 0.2) is 18.5 Å². The quantitative estimate of drug-likeness (QED) is 0.762. The largest absolute Gasteiger partial charge is 0.376 e.